The van der Waals surface area contributed by atoms with Gasteiger partial charge in [-0.15, -0.1) is 11.3 Å². The molecule has 0 unspecified atom stereocenters. The van der Waals surface area contributed by atoms with E-state index in [9.17, 15) is 9.59 Å². The first-order chi connectivity index (χ1) is 12.2. The SMILES string of the molecule is Cc1ccc(N2C(=O)C(c3cccs3)=C(N3CCCCC3)C2=O)cc1. The Bertz CT molecular complexity index is 831. The van der Waals surface area contributed by atoms with Gasteiger partial charge in [-0.25, -0.2) is 4.90 Å². The molecule has 5 heteroatoms. The number of carbonyl (C=O) groups is 2. The van der Waals surface area contributed by atoms with Gasteiger partial charge in [0.05, 0.1) is 11.3 Å². The van der Waals surface area contributed by atoms with Crippen molar-refractivity contribution in [1.82, 2.24) is 4.90 Å². The molecule has 0 spiro atoms. The normalized spacial score (nSPS) is 18.4. The summed E-state index contributed by atoms with van der Waals surface area (Å²) in [5.41, 5.74) is 2.88. The first-order valence-electron chi connectivity index (χ1n) is 8.65. The van der Waals surface area contributed by atoms with Crippen molar-refractivity contribution >= 4 is 34.4 Å². The number of hydrogen-bond donors (Lipinski definition) is 0. The summed E-state index contributed by atoms with van der Waals surface area (Å²) in [4.78, 5) is 30.7. The topological polar surface area (TPSA) is 40.6 Å². The molecule has 4 nitrogen and oxygen atoms in total. The number of rotatable bonds is 3. The molecule has 128 valence electrons. The predicted molar refractivity (Wildman–Crippen MR) is 100 cm³/mol. The first-order valence-corrected chi connectivity index (χ1v) is 9.53. The lowest BCUT2D eigenvalue weighted by atomic mass is 10.1. The highest BCUT2D eigenvalue weighted by Gasteiger charge is 2.42. The molecule has 2 aromatic rings. The van der Waals surface area contributed by atoms with Gasteiger partial charge in [0.1, 0.15) is 5.70 Å². The highest BCUT2D eigenvalue weighted by Crippen LogP contribution is 2.37. The summed E-state index contributed by atoms with van der Waals surface area (Å²) in [6.07, 6.45) is 3.31. The fourth-order valence-corrected chi connectivity index (χ4v) is 4.26. The number of carbonyl (C=O) groups excluding carboxylic acids is 2. The van der Waals surface area contributed by atoms with Crippen LogP contribution in [0.2, 0.25) is 0 Å². The Morgan fingerprint density at radius 2 is 1.64 bits per heavy atom. The standard InChI is InChI=1S/C20H20N2O2S/c1-14-7-9-15(10-8-14)22-19(23)17(16-6-5-13-25-16)18(20(22)24)21-11-3-2-4-12-21/h5-10,13H,2-4,11-12H2,1H3. The summed E-state index contributed by atoms with van der Waals surface area (Å²) in [7, 11) is 0. The molecule has 4 rings (SSSR count). The monoisotopic (exact) mass is 352 g/mol. The summed E-state index contributed by atoms with van der Waals surface area (Å²) < 4.78 is 0. The second-order valence-electron chi connectivity index (χ2n) is 6.53. The van der Waals surface area contributed by atoms with Crippen LogP contribution in [0, 0.1) is 6.92 Å². The molecular formula is C20H20N2O2S. The Balaban J connectivity index is 1.79. The van der Waals surface area contributed by atoms with Crippen molar-refractivity contribution < 1.29 is 9.59 Å². The van der Waals surface area contributed by atoms with Crippen LogP contribution in [-0.4, -0.2) is 29.8 Å². The molecule has 1 aromatic heterocycles. The molecule has 2 amide bonds. The number of nitrogens with zero attached hydrogens (tertiary/aromatic N) is 2. The van der Waals surface area contributed by atoms with Crippen LogP contribution in [0.4, 0.5) is 5.69 Å². The van der Waals surface area contributed by atoms with Crippen molar-refractivity contribution in [2.75, 3.05) is 18.0 Å². The molecule has 25 heavy (non-hydrogen) atoms. The Kier molecular flexibility index (Phi) is 4.17. The average molecular weight is 352 g/mol. The van der Waals surface area contributed by atoms with Crippen molar-refractivity contribution in [3.63, 3.8) is 0 Å². The zero-order chi connectivity index (χ0) is 17.4. The van der Waals surface area contributed by atoms with Gasteiger partial charge in [0.15, 0.2) is 0 Å². The van der Waals surface area contributed by atoms with Gasteiger partial charge in [0.2, 0.25) is 0 Å². The lowest BCUT2D eigenvalue weighted by Gasteiger charge is -2.29. The van der Waals surface area contributed by atoms with Crippen molar-refractivity contribution in [3.05, 3.63) is 57.9 Å². The maximum atomic E-state index is 13.2. The average Bonchev–Trinajstić information content (AvgIpc) is 3.23. The summed E-state index contributed by atoms with van der Waals surface area (Å²) in [6.45, 7) is 3.67. The van der Waals surface area contributed by atoms with E-state index in [1.165, 1.54) is 22.7 Å². The van der Waals surface area contributed by atoms with Crippen LogP contribution < -0.4 is 4.90 Å². The molecule has 3 heterocycles. The second-order valence-corrected chi connectivity index (χ2v) is 7.48. The van der Waals surface area contributed by atoms with Crippen LogP contribution in [0.3, 0.4) is 0 Å². The van der Waals surface area contributed by atoms with Gasteiger partial charge in [-0.1, -0.05) is 23.8 Å². The number of imide groups is 1. The molecule has 2 aliphatic heterocycles. The summed E-state index contributed by atoms with van der Waals surface area (Å²) in [5.74, 6) is -0.406. The van der Waals surface area contributed by atoms with Crippen LogP contribution in [0.1, 0.15) is 29.7 Å². The number of hydrogen-bond acceptors (Lipinski definition) is 4. The highest BCUT2D eigenvalue weighted by molar-refractivity contribution is 7.11. The lowest BCUT2D eigenvalue weighted by Crippen LogP contribution is -2.37. The Labute approximate surface area is 151 Å². The number of benzene rings is 1. The van der Waals surface area contributed by atoms with E-state index in [1.54, 1.807) is 0 Å². The molecule has 1 fully saturated rings. The van der Waals surface area contributed by atoms with Gasteiger partial charge in [-0.3, -0.25) is 9.59 Å². The number of likely N-dealkylation sites (tertiary alicyclic amines) is 1. The second kappa shape index (κ2) is 6.48. The molecule has 1 aromatic carbocycles. The molecule has 0 saturated carbocycles. The minimum atomic E-state index is -0.211. The van der Waals surface area contributed by atoms with Gasteiger partial charge < -0.3 is 4.90 Å². The predicted octanol–water partition coefficient (Wildman–Crippen LogP) is 3.83. The quantitative estimate of drug-likeness (QED) is 0.789. The molecule has 0 bridgehead atoms. The van der Waals surface area contributed by atoms with E-state index < -0.39 is 0 Å². The minimum Gasteiger partial charge on any atom is -0.366 e. The smallest absolute Gasteiger partial charge is 0.282 e. The molecule has 0 N–H and O–H groups in total. The fraction of sp³-hybridized carbons (Fsp3) is 0.300. The molecule has 0 radical (unpaired) electrons. The summed E-state index contributed by atoms with van der Waals surface area (Å²) in [6, 6.07) is 11.4. The van der Waals surface area contributed by atoms with Crippen LogP contribution in [0.15, 0.2) is 47.5 Å². The van der Waals surface area contributed by atoms with Gasteiger partial charge in [0.25, 0.3) is 11.8 Å². The molecule has 0 atom stereocenters. The number of anilines is 1. The molecule has 0 aliphatic carbocycles. The Morgan fingerprint density at radius 3 is 2.28 bits per heavy atom. The van der Waals surface area contributed by atoms with E-state index in [0.29, 0.717) is 17.0 Å². The van der Waals surface area contributed by atoms with Gasteiger partial charge in [-0.2, -0.15) is 0 Å². The van der Waals surface area contributed by atoms with Crippen LogP contribution in [-0.2, 0) is 9.59 Å². The molecular weight excluding hydrogens is 332 g/mol. The Hall–Kier alpha value is -2.40. The van der Waals surface area contributed by atoms with Crippen LogP contribution >= 0.6 is 11.3 Å². The zero-order valence-corrected chi connectivity index (χ0v) is 15.0. The fourth-order valence-electron chi connectivity index (χ4n) is 3.50. The van der Waals surface area contributed by atoms with Crippen molar-refractivity contribution in [1.29, 1.82) is 0 Å². The lowest BCUT2D eigenvalue weighted by molar-refractivity contribution is -0.120. The largest absolute Gasteiger partial charge is 0.366 e. The molecule has 1 saturated heterocycles. The van der Waals surface area contributed by atoms with Crippen molar-refractivity contribution in [2.45, 2.75) is 26.2 Å². The van der Waals surface area contributed by atoms with E-state index >= 15 is 0 Å². The number of piperidine rings is 1. The van der Waals surface area contributed by atoms with E-state index in [0.717, 1.165) is 36.4 Å². The third kappa shape index (κ3) is 2.78. The number of amides is 2. The zero-order valence-electron chi connectivity index (χ0n) is 14.2. The summed E-state index contributed by atoms with van der Waals surface area (Å²) in [5, 5.41) is 1.95. The van der Waals surface area contributed by atoms with E-state index in [4.69, 9.17) is 0 Å². The van der Waals surface area contributed by atoms with Crippen molar-refractivity contribution in [3.8, 4) is 0 Å². The highest BCUT2D eigenvalue weighted by atomic mass is 32.1. The van der Waals surface area contributed by atoms with Gasteiger partial charge >= 0.3 is 0 Å². The van der Waals surface area contributed by atoms with E-state index in [2.05, 4.69) is 4.90 Å². The maximum Gasteiger partial charge on any atom is 0.282 e. The van der Waals surface area contributed by atoms with Crippen LogP contribution in [0.25, 0.3) is 5.57 Å². The van der Waals surface area contributed by atoms with Gasteiger partial charge in [-0.05, 0) is 49.8 Å². The first kappa shape index (κ1) is 16.1. The number of thiophene rings is 1. The van der Waals surface area contributed by atoms with Gasteiger partial charge in [0, 0.05) is 18.0 Å². The van der Waals surface area contributed by atoms with Crippen molar-refractivity contribution in [2.24, 2.45) is 0 Å². The third-order valence-corrected chi connectivity index (χ3v) is 5.68. The van der Waals surface area contributed by atoms with E-state index in [1.807, 2.05) is 48.7 Å². The Morgan fingerprint density at radius 1 is 0.920 bits per heavy atom. The maximum absolute atomic E-state index is 13.2. The third-order valence-electron chi connectivity index (χ3n) is 4.79. The summed E-state index contributed by atoms with van der Waals surface area (Å²) >= 11 is 1.51. The molecule has 2 aliphatic rings. The number of aryl methyl sites for hydroxylation is 1. The minimum absolute atomic E-state index is 0.195. The van der Waals surface area contributed by atoms with E-state index in [-0.39, 0.29) is 11.8 Å². The van der Waals surface area contributed by atoms with Crippen LogP contribution in [0.5, 0.6) is 0 Å².